The van der Waals surface area contributed by atoms with Crippen LogP contribution in [-0.4, -0.2) is 17.0 Å². The fraction of sp³-hybridized carbons (Fsp3) is 0.0909. The highest BCUT2D eigenvalue weighted by Crippen LogP contribution is 2.18. The van der Waals surface area contributed by atoms with Crippen molar-refractivity contribution in [1.29, 1.82) is 0 Å². The van der Waals surface area contributed by atoms with E-state index in [1.54, 1.807) is 13.1 Å². The van der Waals surface area contributed by atoms with Gasteiger partial charge in [0.1, 0.15) is 5.82 Å². The Morgan fingerprint density at radius 2 is 2.06 bits per heavy atom. The van der Waals surface area contributed by atoms with Gasteiger partial charge in [0.15, 0.2) is 11.6 Å². The maximum absolute atomic E-state index is 13.4. The molecule has 1 heterocycles. The summed E-state index contributed by atoms with van der Waals surface area (Å²) in [6.45, 7) is 0. The molecular weight excluding hydrogens is 226 g/mol. The average Bonchev–Trinajstić information content (AvgIpc) is 2.32. The molecule has 0 saturated carbocycles. The maximum Gasteiger partial charge on any atom is 0.224 e. The van der Waals surface area contributed by atoms with Crippen LogP contribution in [0.2, 0.25) is 0 Å². The molecule has 0 amide bonds. The predicted octanol–water partition coefficient (Wildman–Crippen LogP) is 2.54. The molecule has 17 heavy (non-hydrogen) atoms. The summed E-state index contributed by atoms with van der Waals surface area (Å²) < 4.78 is 26.3. The molecule has 0 aliphatic carbocycles. The van der Waals surface area contributed by atoms with Crippen molar-refractivity contribution >= 4 is 17.5 Å². The number of hydrogen-bond acceptors (Lipinski definition) is 4. The standard InChI is InChI=1S/C11H10F2N4/c1-14-11-15-6-9(13)10(17-11)16-8-4-2-3-7(12)5-8/h2-6H,1H3,(H2,14,15,16,17). The highest BCUT2D eigenvalue weighted by molar-refractivity contribution is 5.57. The molecule has 0 radical (unpaired) electrons. The van der Waals surface area contributed by atoms with E-state index < -0.39 is 11.6 Å². The first kappa shape index (κ1) is 11.3. The van der Waals surface area contributed by atoms with Crippen molar-refractivity contribution in [2.45, 2.75) is 0 Å². The third kappa shape index (κ3) is 2.66. The van der Waals surface area contributed by atoms with Crippen LogP contribution >= 0.6 is 0 Å². The number of halogens is 2. The second kappa shape index (κ2) is 4.73. The Balaban J connectivity index is 2.29. The first-order chi connectivity index (χ1) is 8.19. The summed E-state index contributed by atoms with van der Waals surface area (Å²) in [6, 6.07) is 5.69. The van der Waals surface area contributed by atoms with Gasteiger partial charge in [0, 0.05) is 12.7 Å². The third-order valence-corrected chi connectivity index (χ3v) is 2.06. The van der Waals surface area contributed by atoms with Gasteiger partial charge in [0.05, 0.1) is 6.20 Å². The van der Waals surface area contributed by atoms with Crippen LogP contribution in [0, 0.1) is 11.6 Å². The van der Waals surface area contributed by atoms with E-state index in [9.17, 15) is 8.78 Å². The molecule has 0 atom stereocenters. The van der Waals surface area contributed by atoms with E-state index in [-0.39, 0.29) is 11.8 Å². The van der Waals surface area contributed by atoms with Gasteiger partial charge in [-0.1, -0.05) is 6.07 Å². The molecule has 0 aliphatic rings. The fourth-order valence-corrected chi connectivity index (χ4v) is 1.28. The van der Waals surface area contributed by atoms with Crippen molar-refractivity contribution in [1.82, 2.24) is 9.97 Å². The van der Waals surface area contributed by atoms with Crippen LogP contribution in [0.15, 0.2) is 30.5 Å². The average molecular weight is 236 g/mol. The van der Waals surface area contributed by atoms with Gasteiger partial charge >= 0.3 is 0 Å². The molecule has 0 bridgehead atoms. The second-order valence-electron chi connectivity index (χ2n) is 3.28. The van der Waals surface area contributed by atoms with Crippen LogP contribution in [-0.2, 0) is 0 Å². The molecule has 1 aromatic heterocycles. The van der Waals surface area contributed by atoms with Gasteiger partial charge in [-0.15, -0.1) is 0 Å². The van der Waals surface area contributed by atoms with Crippen LogP contribution in [0.25, 0.3) is 0 Å². The second-order valence-corrected chi connectivity index (χ2v) is 3.28. The summed E-state index contributed by atoms with van der Waals surface area (Å²) in [7, 11) is 1.62. The summed E-state index contributed by atoms with van der Waals surface area (Å²) in [5, 5.41) is 5.37. The third-order valence-electron chi connectivity index (χ3n) is 2.06. The van der Waals surface area contributed by atoms with Gasteiger partial charge in [-0.2, -0.15) is 4.98 Å². The van der Waals surface area contributed by atoms with Crippen molar-refractivity contribution in [2.75, 3.05) is 17.7 Å². The molecule has 0 spiro atoms. The zero-order valence-electron chi connectivity index (χ0n) is 9.04. The summed E-state index contributed by atoms with van der Waals surface area (Å²) in [4.78, 5) is 7.59. The highest BCUT2D eigenvalue weighted by Gasteiger charge is 2.06. The highest BCUT2D eigenvalue weighted by atomic mass is 19.1. The zero-order chi connectivity index (χ0) is 12.3. The van der Waals surface area contributed by atoms with Crippen molar-refractivity contribution < 1.29 is 8.78 Å². The summed E-state index contributed by atoms with van der Waals surface area (Å²) in [5.74, 6) is -0.730. The lowest BCUT2D eigenvalue weighted by molar-refractivity contribution is 0.618. The SMILES string of the molecule is CNc1ncc(F)c(Nc2cccc(F)c2)n1. The van der Waals surface area contributed by atoms with Gasteiger partial charge in [-0.05, 0) is 18.2 Å². The summed E-state index contributed by atoms with van der Waals surface area (Å²) >= 11 is 0. The molecule has 2 aromatic rings. The Morgan fingerprint density at radius 3 is 2.76 bits per heavy atom. The van der Waals surface area contributed by atoms with E-state index in [1.165, 1.54) is 18.2 Å². The summed E-state index contributed by atoms with van der Waals surface area (Å²) in [5.41, 5.74) is 0.421. The Kier molecular flexibility index (Phi) is 3.13. The number of benzene rings is 1. The quantitative estimate of drug-likeness (QED) is 0.859. The molecule has 0 aliphatic heterocycles. The van der Waals surface area contributed by atoms with Crippen LogP contribution in [0.4, 0.5) is 26.2 Å². The van der Waals surface area contributed by atoms with Crippen LogP contribution < -0.4 is 10.6 Å². The normalized spacial score (nSPS) is 10.1. The predicted molar refractivity (Wildman–Crippen MR) is 61.2 cm³/mol. The van der Waals surface area contributed by atoms with E-state index in [0.717, 1.165) is 6.20 Å². The monoisotopic (exact) mass is 236 g/mol. The van der Waals surface area contributed by atoms with E-state index in [4.69, 9.17) is 0 Å². The molecule has 1 aromatic carbocycles. The molecule has 6 heteroatoms. The fourth-order valence-electron chi connectivity index (χ4n) is 1.28. The smallest absolute Gasteiger partial charge is 0.224 e. The zero-order valence-corrected chi connectivity index (χ0v) is 9.04. The Bertz CT molecular complexity index is 531. The molecular formula is C11H10F2N4. The van der Waals surface area contributed by atoms with Crippen molar-refractivity contribution in [3.63, 3.8) is 0 Å². The number of aromatic nitrogens is 2. The molecule has 2 N–H and O–H groups in total. The summed E-state index contributed by atoms with van der Waals surface area (Å²) in [6.07, 6.45) is 1.04. The van der Waals surface area contributed by atoms with Crippen LogP contribution in [0.1, 0.15) is 0 Å². The van der Waals surface area contributed by atoms with E-state index in [1.807, 2.05) is 0 Å². The van der Waals surface area contributed by atoms with Crippen LogP contribution in [0.5, 0.6) is 0 Å². The largest absolute Gasteiger partial charge is 0.357 e. The van der Waals surface area contributed by atoms with Gasteiger partial charge < -0.3 is 10.6 Å². The number of rotatable bonds is 3. The lowest BCUT2D eigenvalue weighted by Crippen LogP contribution is -2.03. The minimum absolute atomic E-state index is 0.00468. The topological polar surface area (TPSA) is 49.8 Å². The molecule has 2 rings (SSSR count). The Hall–Kier alpha value is -2.24. The first-order valence-corrected chi connectivity index (χ1v) is 4.92. The van der Waals surface area contributed by atoms with Gasteiger partial charge in [-0.25, -0.2) is 13.8 Å². The first-order valence-electron chi connectivity index (χ1n) is 4.92. The van der Waals surface area contributed by atoms with E-state index in [0.29, 0.717) is 5.69 Å². The van der Waals surface area contributed by atoms with Crippen molar-refractivity contribution in [2.24, 2.45) is 0 Å². The lowest BCUT2D eigenvalue weighted by atomic mass is 10.3. The Morgan fingerprint density at radius 1 is 1.24 bits per heavy atom. The number of nitrogens with one attached hydrogen (secondary N) is 2. The lowest BCUT2D eigenvalue weighted by Gasteiger charge is -2.07. The number of anilines is 3. The van der Waals surface area contributed by atoms with Crippen molar-refractivity contribution in [3.05, 3.63) is 42.1 Å². The molecule has 0 unspecified atom stereocenters. The van der Waals surface area contributed by atoms with Gasteiger partial charge in [-0.3, -0.25) is 0 Å². The minimum Gasteiger partial charge on any atom is -0.357 e. The molecule has 0 saturated heterocycles. The number of hydrogen-bond donors (Lipinski definition) is 2. The number of nitrogens with zero attached hydrogens (tertiary/aromatic N) is 2. The van der Waals surface area contributed by atoms with Gasteiger partial charge in [0.2, 0.25) is 5.95 Å². The molecule has 0 fully saturated rings. The van der Waals surface area contributed by atoms with Gasteiger partial charge in [0.25, 0.3) is 0 Å². The van der Waals surface area contributed by atoms with E-state index in [2.05, 4.69) is 20.6 Å². The molecule has 4 nitrogen and oxygen atoms in total. The van der Waals surface area contributed by atoms with Crippen molar-refractivity contribution in [3.8, 4) is 0 Å². The Labute approximate surface area is 96.7 Å². The van der Waals surface area contributed by atoms with Crippen LogP contribution in [0.3, 0.4) is 0 Å². The van der Waals surface area contributed by atoms with E-state index >= 15 is 0 Å². The molecule has 88 valence electrons. The maximum atomic E-state index is 13.4. The minimum atomic E-state index is -0.603.